The number of hydrogen-bond donors (Lipinski definition) is 3. The molecular weight excluding hydrogens is 164 g/mol. The standard InChI is InChI=1S/C4H10O.C2H6O2.CH2O2/c1-3-5-4-2;3-1-2-4;2-1-3/h3-4H2,1-2H3;3-4H,1-2H2;1H,(H,2,3). The number of rotatable bonds is 3. The molecule has 0 radical (unpaired) electrons. The molecule has 0 bridgehead atoms. The molecule has 0 saturated carbocycles. The van der Waals surface area contributed by atoms with E-state index < -0.39 is 0 Å². The van der Waals surface area contributed by atoms with Gasteiger partial charge in [0.1, 0.15) is 0 Å². The molecule has 5 nitrogen and oxygen atoms in total. The van der Waals surface area contributed by atoms with E-state index in [-0.39, 0.29) is 19.7 Å². The van der Waals surface area contributed by atoms with Crippen molar-refractivity contribution < 1.29 is 24.9 Å². The summed E-state index contributed by atoms with van der Waals surface area (Å²) >= 11 is 0. The van der Waals surface area contributed by atoms with Gasteiger partial charge in [0.05, 0.1) is 13.2 Å². The molecule has 5 heteroatoms. The Labute approximate surface area is 72.6 Å². The summed E-state index contributed by atoms with van der Waals surface area (Å²) in [7, 11) is 0. The zero-order chi connectivity index (χ0) is 10.2. The van der Waals surface area contributed by atoms with Gasteiger partial charge in [-0.25, -0.2) is 0 Å². The second kappa shape index (κ2) is 31.6. The molecule has 0 aliphatic carbocycles. The number of aliphatic hydroxyl groups is 2. The largest absolute Gasteiger partial charge is 0.483 e. The van der Waals surface area contributed by atoms with Crippen molar-refractivity contribution in [2.45, 2.75) is 13.8 Å². The van der Waals surface area contributed by atoms with Gasteiger partial charge in [0.15, 0.2) is 0 Å². The molecule has 12 heavy (non-hydrogen) atoms. The lowest BCUT2D eigenvalue weighted by atomic mass is 10.8. The summed E-state index contributed by atoms with van der Waals surface area (Å²) in [4.78, 5) is 8.36. The van der Waals surface area contributed by atoms with E-state index in [4.69, 9.17) is 24.9 Å². The van der Waals surface area contributed by atoms with E-state index in [1.165, 1.54) is 0 Å². The van der Waals surface area contributed by atoms with E-state index in [2.05, 4.69) is 0 Å². The Morgan fingerprint density at radius 1 is 1.17 bits per heavy atom. The Hall–Kier alpha value is -0.650. The molecule has 0 aromatic rings. The van der Waals surface area contributed by atoms with Gasteiger partial charge in [-0.05, 0) is 13.8 Å². The van der Waals surface area contributed by atoms with E-state index in [1.807, 2.05) is 13.8 Å². The average molecular weight is 182 g/mol. The third-order valence-electron chi connectivity index (χ3n) is 0.508. The van der Waals surface area contributed by atoms with Crippen molar-refractivity contribution in [1.29, 1.82) is 0 Å². The number of carbonyl (C=O) groups is 1. The molecule has 0 amide bonds. The lowest BCUT2D eigenvalue weighted by molar-refractivity contribution is -0.122. The van der Waals surface area contributed by atoms with E-state index in [1.54, 1.807) is 0 Å². The lowest BCUT2D eigenvalue weighted by Gasteiger charge is -1.86. The topological polar surface area (TPSA) is 87.0 Å². The van der Waals surface area contributed by atoms with Crippen molar-refractivity contribution in [2.24, 2.45) is 0 Å². The molecule has 0 spiro atoms. The summed E-state index contributed by atoms with van der Waals surface area (Å²) in [6.07, 6.45) is 0. The van der Waals surface area contributed by atoms with Crippen LogP contribution in [0.25, 0.3) is 0 Å². The molecule has 0 aliphatic heterocycles. The Kier molecular flexibility index (Phi) is 45.9. The number of hydrogen-bond acceptors (Lipinski definition) is 4. The van der Waals surface area contributed by atoms with Gasteiger partial charge in [0.2, 0.25) is 0 Å². The minimum Gasteiger partial charge on any atom is -0.483 e. The summed E-state index contributed by atoms with van der Waals surface area (Å²) in [5.41, 5.74) is 0. The molecule has 0 aromatic heterocycles. The van der Waals surface area contributed by atoms with Crippen molar-refractivity contribution in [1.82, 2.24) is 0 Å². The van der Waals surface area contributed by atoms with Crippen LogP contribution in [0.1, 0.15) is 13.8 Å². The first-order chi connectivity index (χ1) is 5.74. The van der Waals surface area contributed by atoms with Gasteiger partial charge in [0, 0.05) is 13.2 Å². The highest BCUT2D eigenvalue weighted by molar-refractivity contribution is 5.32. The molecular formula is C7H18O5. The lowest BCUT2D eigenvalue weighted by Crippen LogP contribution is -1.85. The molecule has 0 heterocycles. The van der Waals surface area contributed by atoms with Crippen molar-refractivity contribution in [3.63, 3.8) is 0 Å². The highest BCUT2D eigenvalue weighted by Crippen LogP contribution is 1.64. The minimum atomic E-state index is -0.250. The van der Waals surface area contributed by atoms with Crippen LogP contribution >= 0.6 is 0 Å². The second-order valence-electron chi connectivity index (χ2n) is 1.33. The molecule has 0 aromatic carbocycles. The Balaban J connectivity index is -0.000000105. The van der Waals surface area contributed by atoms with Gasteiger partial charge in [-0.15, -0.1) is 0 Å². The molecule has 0 fully saturated rings. The first kappa shape index (κ1) is 17.4. The number of aliphatic hydroxyl groups excluding tert-OH is 2. The van der Waals surface area contributed by atoms with Crippen LogP contribution in [0.15, 0.2) is 0 Å². The SMILES string of the molecule is CCOCC.O=CO.OCCO. The molecule has 0 aliphatic rings. The molecule has 76 valence electrons. The highest BCUT2D eigenvalue weighted by Gasteiger charge is 1.64. The fourth-order valence-electron chi connectivity index (χ4n) is 0.204. The van der Waals surface area contributed by atoms with Crippen LogP contribution in [0.4, 0.5) is 0 Å². The van der Waals surface area contributed by atoms with Crippen LogP contribution < -0.4 is 0 Å². The summed E-state index contributed by atoms with van der Waals surface area (Å²) in [5.74, 6) is 0. The maximum absolute atomic E-state index is 8.36. The van der Waals surface area contributed by atoms with Crippen molar-refractivity contribution in [3.05, 3.63) is 0 Å². The molecule has 3 N–H and O–H groups in total. The van der Waals surface area contributed by atoms with Gasteiger partial charge in [-0.2, -0.15) is 0 Å². The van der Waals surface area contributed by atoms with E-state index in [0.717, 1.165) is 13.2 Å². The normalized spacial score (nSPS) is 7.00. The zero-order valence-corrected chi connectivity index (χ0v) is 7.56. The number of ether oxygens (including phenoxy) is 1. The molecule has 0 rings (SSSR count). The maximum atomic E-state index is 8.36. The summed E-state index contributed by atoms with van der Waals surface area (Å²) in [6, 6.07) is 0. The van der Waals surface area contributed by atoms with E-state index >= 15 is 0 Å². The average Bonchev–Trinajstić information content (AvgIpc) is 2.08. The van der Waals surface area contributed by atoms with Gasteiger partial charge < -0.3 is 20.1 Å². The van der Waals surface area contributed by atoms with Gasteiger partial charge in [-0.3, -0.25) is 4.79 Å². The predicted molar refractivity (Wildman–Crippen MR) is 45.0 cm³/mol. The third kappa shape index (κ3) is 118. The predicted octanol–water partition coefficient (Wildman–Crippen LogP) is -0.285. The molecule has 0 saturated heterocycles. The summed E-state index contributed by atoms with van der Waals surface area (Å²) < 4.78 is 4.83. The molecule has 0 atom stereocenters. The van der Waals surface area contributed by atoms with Crippen LogP contribution in [0.5, 0.6) is 0 Å². The van der Waals surface area contributed by atoms with Crippen LogP contribution in [-0.4, -0.2) is 48.2 Å². The van der Waals surface area contributed by atoms with Crippen LogP contribution in [-0.2, 0) is 9.53 Å². The van der Waals surface area contributed by atoms with Gasteiger partial charge in [0.25, 0.3) is 6.47 Å². The third-order valence-corrected chi connectivity index (χ3v) is 0.508. The highest BCUT2D eigenvalue weighted by atomic mass is 16.5. The fraction of sp³-hybridized carbons (Fsp3) is 0.857. The second-order valence-corrected chi connectivity index (χ2v) is 1.33. The van der Waals surface area contributed by atoms with Crippen molar-refractivity contribution in [3.8, 4) is 0 Å². The van der Waals surface area contributed by atoms with Crippen molar-refractivity contribution in [2.75, 3.05) is 26.4 Å². The van der Waals surface area contributed by atoms with Crippen LogP contribution in [0.2, 0.25) is 0 Å². The van der Waals surface area contributed by atoms with Gasteiger partial charge in [-0.1, -0.05) is 0 Å². The fourth-order valence-corrected chi connectivity index (χ4v) is 0.204. The van der Waals surface area contributed by atoms with Gasteiger partial charge >= 0.3 is 0 Å². The quantitative estimate of drug-likeness (QED) is 0.522. The zero-order valence-electron chi connectivity index (χ0n) is 7.56. The maximum Gasteiger partial charge on any atom is 0.290 e. The van der Waals surface area contributed by atoms with E-state index in [9.17, 15) is 0 Å². The minimum absolute atomic E-state index is 0.125. The van der Waals surface area contributed by atoms with Crippen LogP contribution in [0, 0.1) is 0 Å². The first-order valence-corrected chi connectivity index (χ1v) is 3.62. The van der Waals surface area contributed by atoms with E-state index in [0.29, 0.717) is 0 Å². The van der Waals surface area contributed by atoms with Crippen LogP contribution in [0.3, 0.4) is 0 Å². The molecule has 0 unspecified atom stereocenters. The monoisotopic (exact) mass is 182 g/mol. The summed E-state index contributed by atoms with van der Waals surface area (Å²) in [6.45, 7) is 5.17. The first-order valence-electron chi connectivity index (χ1n) is 3.62. The summed E-state index contributed by atoms with van der Waals surface area (Å²) in [5, 5.41) is 22.1. The smallest absolute Gasteiger partial charge is 0.290 e. The Morgan fingerprint density at radius 3 is 1.42 bits per heavy atom. The van der Waals surface area contributed by atoms with Crippen molar-refractivity contribution >= 4 is 6.47 Å². The Morgan fingerprint density at radius 2 is 1.42 bits per heavy atom. The Bertz CT molecular complexity index is 53.8. The number of carboxylic acid groups (broad SMARTS) is 1.